The zero-order valence-electron chi connectivity index (χ0n) is 11.9. The largest absolute Gasteiger partial charge is 0.336 e. The molecular weight excluding hydrogens is 276 g/mol. The molecule has 4 nitrogen and oxygen atoms in total. The number of halogens is 2. The Bertz CT molecular complexity index is 563. The number of piperazine rings is 1. The maximum atomic E-state index is 13.6. The molecule has 0 aliphatic carbocycles. The lowest BCUT2D eigenvalue weighted by Crippen LogP contribution is -2.51. The fourth-order valence-corrected chi connectivity index (χ4v) is 2.51. The van der Waals surface area contributed by atoms with Gasteiger partial charge < -0.3 is 4.90 Å². The second-order valence-electron chi connectivity index (χ2n) is 4.98. The highest BCUT2D eigenvalue weighted by Crippen LogP contribution is 2.16. The minimum absolute atomic E-state index is 0.159. The summed E-state index contributed by atoms with van der Waals surface area (Å²) in [5, 5.41) is 9.03. The molecule has 1 fully saturated rings. The molecule has 1 unspecified atom stereocenters. The number of benzene rings is 1. The number of hydrogen-bond donors (Lipinski definition) is 0. The number of carbonyl (C=O) groups excluding carboxylic acids is 1. The Labute approximate surface area is 122 Å². The molecule has 0 N–H and O–H groups in total. The molecule has 1 aliphatic heterocycles. The molecule has 21 heavy (non-hydrogen) atoms. The van der Waals surface area contributed by atoms with Gasteiger partial charge in [-0.2, -0.15) is 5.26 Å². The number of hydrogen-bond acceptors (Lipinski definition) is 3. The van der Waals surface area contributed by atoms with Crippen molar-refractivity contribution < 1.29 is 13.6 Å². The SMILES string of the molecule is CCC(C#N)N1CCN(C(=O)c2cccc(F)c2F)CC1. The van der Waals surface area contributed by atoms with Crippen LogP contribution in [0.15, 0.2) is 18.2 Å². The Morgan fingerprint density at radius 1 is 1.33 bits per heavy atom. The molecule has 1 amide bonds. The number of nitrogens with zero attached hydrogens (tertiary/aromatic N) is 3. The van der Waals surface area contributed by atoms with E-state index >= 15 is 0 Å². The van der Waals surface area contributed by atoms with Crippen molar-refractivity contribution in [3.05, 3.63) is 35.4 Å². The second-order valence-corrected chi connectivity index (χ2v) is 4.98. The maximum Gasteiger partial charge on any atom is 0.257 e. The zero-order valence-corrected chi connectivity index (χ0v) is 11.9. The van der Waals surface area contributed by atoms with Gasteiger partial charge in [0.05, 0.1) is 17.7 Å². The van der Waals surface area contributed by atoms with E-state index in [0.717, 1.165) is 12.5 Å². The number of amides is 1. The molecule has 1 saturated heterocycles. The van der Waals surface area contributed by atoms with E-state index < -0.39 is 17.5 Å². The molecule has 1 atom stereocenters. The van der Waals surface area contributed by atoms with Crippen molar-refractivity contribution in [3.63, 3.8) is 0 Å². The van der Waals surface area contributed by atoms with Crippen molar-refractivity contribution in [3.8, 4) is 6.07 Å². The predicted molar refractivity (Wildman–Crippen MR) is 73.5 cm³/mol. The van der Waals surface area contributed by atoms with Crippen LogP contribution in [0.1, 0.15) is 23.7 Å². The van der Waals surface area contributed by atoms with Crippen LogP contribution in [0.3, 0.4) is 0 Å². The molecule has 0 bridgehead atoms. The van der Waals surface area contributed by atoms with Gasteiger partial charge in [0.25, 0.3) is 5.91 Å². The predicted octanol–water partition coefficient (Wildman–Crippen LogP) is 2.02. The van der Waals surface area contributed by atoms with Gasteiger partial charge in [-0.3, -0.25) is 9.69 Å². The summed E-state index contributed by atoms with van der Waals surface area (Å²) in [4.78, 5) is 15.7. The number of rotatable bonds is 3. The summed E-state index contributed by atoms with van der Waals surface area (Å²) in [5.74, 6) is -2.62. The minimum Gasteiger partial charge on any atom is -0.336 e. The molecule has 1 aromatic rings. The smallest absolute Gasteiger partial charge is 0.257 e. The van der Waals surface area contributed by atoms with Crippen LogP contribution in [-0.2, 0) is 0 Å². The Kier molecular flexibility index (Phi) is 4.86. The molecule has 1 aromatic carbocycles. The normalized spacial score (nSPS) is 17.3. The lowest BCUT2D eigenvalue weighted by atomic mass is 10.1. The van der Waals surface area contributed by atoms with E-state index in [1.54, 1.807) is 0 Å². The van der Waals surface area contributed by atoms with Gasteiger partial charge in [0.1, 0.15) is 0 Å². The fourth-order valence-electron chi connectivity index (χ4n) is 2.51. The van der Waals surface area contributed by atoms with Crippen LogP contribution in [0.25, 0.3) is 0 Å². The summed E-state index contributed by atoms with van der Waals surface area (Å²) in [6, 6.07) is 5.67. The molecule has 1 heterocycles. The van der Waals surface area contributed by atoms with Gasteiger partial charge in [0.15, 0.2) is 11.6 Å². The molecule has 1 aliphatic rings. The van der Waals surface area contributed by atoms with Crippen molar-refractivity contribution in [1.29, 1.82) is 5.26 Å². The highest BCUT2D eigenvalue weighted by Gasteiger charge is 2.27. The van der Waals surface area contributed by atoms with Gasteiger partial charge in [0.2, 0.25) is 0 Å². The monoisotopic (exact) mass is 293 g/mol. The van der Waals surface area contributed by atoms with Gasteiger partial charge in [-0.1, -0.05) is 13.0 Å². The van der Waals surface area contributed by atoms with Gasteiger partial charge in [-0.25, -0.2) is 8.78 Å². The zero-order chi connectivity index (χ0) is 15.4. The third-order valence-corrected chi connectivity index (χ3v) is 3.76. The van der Waals surface area contributed by atoms with E-state index in [2.05, 4.69) is 6.07 Å². The first kappa shape index (κ1) is 15.4. The average Bonchev–Trinajstić information content (AvgIpc) is 2.51. The van der Waals surface area contributed by atoms with Crippen molar-refractivity contribution in [2.24, 2.45) is 0 Å². The third-order valence-electron chi connectivity index (χ3n) is 3.76. The Morgan fingerprint density at radius 2 is 2.00 bits per heavy atom. The lowest BCUT2D eigenvalue weighted by molar-refractivity contribution is 0.0599. The van der Waals surface area contributed by atoms with Crippen molar-refractivity contribution >= 4 is 5.91 Å². The van der Waals surface area contributed by atoms with Gasteiger partial charge in [-0.05, 0) is 18.6 Å². The van der Waals surface area contributed by atoms with Crippen molar-refractivity contribution in [1.82, 2.24) is 9.80 Å². The Hall–Kier alpha value is -2.00. The summed E-state index contributed by atoms with van der Waals surface area (Å²) >= 11 is 0. The van der Waals surface area contributed by atoms with Crippen LogP contribution in [0.4, 0.5) is 8.78 Å². The summed E-state index contributed by atoms with van der Waals surface area (Å²) in [5.41, 5.74) is -0.240. The standard InChI is InChI=1S/C15H17F2N3O/c1-2-11(10-18)19-6-8-20(9-7-19)15(21)12-4-3-5-13(16)14(12)17/h3-5,11H,2,6-9H2,1H3. The number of carbonyl (C=O) groups is 1. The van der Waals surface area contributed by atoms with Crippen LogP contribution >= 0.6 is 0 Å². The van der Waals surface area contributed by atoms with Crippen LogP contribution < -0.4 is 0 Å². The first-order valence-electron chi connectivity index (χ1n) is 6.95. The summed E-state index contributed by atoms with van der Waals surface area (Å²) < 4.78 is 26.8. The van der Waals surface area contributed by atoms with Crippen molar-refractivity contribution in [2.75, 3.05) is 26.2 Å². The molecule has 112 valence electrons. The van der Waals surface area contributed by atoms with Gasteiger partial charge in [0, 0.05) is 26.2 Å². The van der Waals surface area contributed by atoms with E-state index in [9.17, 15) is 13.6 Å². The molecular formula is C15H17F2N3O. The summed E-state index contributed by atoms with van der Waals surface area (Å²) in [7, 11) is 0. The highest BCUT2D eigenvalue weighted by atomic mass is 19.2. The minimum atomic E-state index is -1.10. The quantitative estimate of drug-likeness (QED) is 0.856. The molecule has 0 spiro atoms. The molecule has 2 rings (SSSR count). The summed E-state index contributed by atoms with van der Waals surface area (Å²) in [6.07, 6.45) is 0.725. The third kappa shape index (κ3) is 3.19. The van der Waals surface area contributed by atoms with Crippen LogP contribution in [0, 0.1) is 23.0 Å². The Balaban J connectivity index is 2.04. The topological polar surface area (TPSA) is 47.3 Å². The van der Waals surface area contributed by atoms with Crippen LogP contribution in [0.2, 0.25) is 0 Å². The first-order chi connectivity index (χ1) is 10.1. The van der Waals surface area contributed by atoms with E-state index in [4.69, 9.17) is 5.26 Å². The molecule has 0 radical (unpaired) electrons. The van der Waals surface area contributed by atoms with Crippen LogP contribution in [-0.4, -0.2) is 47.9 Å². The first-order valence-corrected chi connectivity index (χ1v) is 6.95. The van der Waals surface area contributed by atoms with Crippen molar-refractivity contribution in [2.45, 2.75) is 19.4 Å². The Morgan fingerprint density at radius 3 is 2.57 bits per heavy atom. The van der Waals surface area contributed by atoms with E-state index in [1.807, 2.05) is 11.8 Å². The maximum absolute atomic E-state index is 13.6. The summed E-state index contributed by atoms with van der Waals surface area (Å²) in [6.45, 7) is 3.89. The molecule has 0 aromatic heterocycles. The van der Waals surface area contributed by atoms with E-state index in [0.29, 0.717) is 26.2 Å². The lowest BCUT2D eigenvalue weighted by Gasteiger charge is -2.36. The highest BCUT2D eigenvalue weighted by molar-refractivity contribution is 5.94. The fraction of sp³-hybridized carbons (Fsp3) is 0.467. The van der Waals surface area contributed by atoms with E-state index in [-0.39, 0.29) is 11.6 Å². The molecule has 0 saturated carbocycles. The van der Waals surface area contributed by atoms with Gasteiger partial charge >= 0.3 is 0 Å². The van der Waals surface area contributed by atoms with Crippen LogP contribution in [0.5, 0.6) is 0 Å². The van der Waals surface area contributed by atoms with Gasteiger partial charge in [-0.15, -0.1) is 0 Å². The second kappa shape index (κ2) is 6.64. The average molecular weight is 293 g/mol. The van der Waals surface area contributed by atoms with E-state index in [1.165, 1.54) is 17.0 Å². The molecule has 6 heteroatoms. The number of nitriles is 1.